The zero-order valence-electron chi connectivity index (χ0n) is 12.4. The van der Waals surface area contributed by atoms with Crippen LogP contribution in [-0.4, -0.2) is 30.0 Å². The van der Waals surface area contributed by atoms with Crippen LogP contribution in [0.4, 0.5) is 0 Å². The van der Waals surface area contributed by atoms with Gasteiger partial charge in [0.15, 0.2) is 0 Å². The van der Waals surface area contributed by atoms with Gasteiger partial charge >= 0.3 is 0 Å². The zero-order valence-corrected chi connectivity index (χ0v) is 14.0. The van der Waals surface area contributed by atoms with E-state index in [4.69, 9.17) is 17.3 Å². The first kappa shape index (κ1) is 16.9. The second-order valence-corrected chi connectivity index (χ2v) is 8.00. The molecule has 0 saturated carbocycles. The van der Waals surface area contributed by atoms with Gasteiger partial charge in [0.1, 0.15) is 15.7 Å². The summed E-state index contributed by atoms with van der Waals surface area (Å²) in [6.07, 6.45) is 1.48. The predicted octanol–water partition coefficient (Wildman–Crippen LogP) is 1.50. The number of nitrogens with zero attached hydrogens (tertiary/aromatic N) is 2. The van der Waals surface area contributed by atoms with E-state index in [1.165, 1.54) is 4.57 Å². The van der Waals surface area contributed by atoms with E-state index in [9.17, 15) is 13.2 Å². The number of benzene rings is 1. The molecule has 22 heavy (non-hydrogen) atoms. The third-order valence-corrected chi connectivity index (χ3v) is 4.61. The van der Waals surface area contributed by atoms with Gasteiger partial charge in [0.05, 0.1) is 27.7 Å². The lowest BCUT2D eigenvalue weighted by atomic mass is 10.2. The van der Waals surface area contributed by atoms with Crippen LogP contribution in [-0.2, 0) is 16.4 Å². The average molecular weight is 344 g/mol. The Kier molecular flexibility index (Phi) is 4.89. The van der Waals surface area contributed by atoms with Crippen molar-refractivity contribution in [2.24, 2.45) is 5.73 Å². The Labute approximate surface area is 133 Å². The van der Waals surface area contributed by atoms with Crippen molar-refractivity contribution in [2.45, 2.75) is 25.9 Å². The molecule has 0 aliphatic rings. The van der Waals surface area contributed by atoms with Crippen molar-refractivity contribution in [3.05, 3.63) is 39.4 Å². The van der Waals surface area contributed by atoms with E-state index in [0.29, 0.717) is 28.2 Å². The topological polar surface area (TPSA) is 95.0 Å². The second-order valence-electron chi connectivity index (χ2n) is 5.33. The van der Waals surface area contributed by atoms with Gasteiger partial charge in [0, 0.05) is 12.8 Å². The summed E-state index contributed by atoms with van der Waals surface area (Å²) in [5, 5.41) is 0.649. The van der Waals surface area contributed by atoms with Gasteiger partial charge in [-0.05, 0) is 25.5 Å². The number of hydrogen-bond acceptors (Lipinski definition) is 5. The molecule has 2 aromatic rings. The lowest BCUT2D eigenvalue weighted by molar-refractivity contribution is 0.560. The smallest absolute Gasteiger partial charge is 0.262 e. The highest BCUT2D eigenvalue weighted by molar-refractivity contribution is 7.90. The lowest BCUT2D eigenvalue weighted by Crippen LogP contribution is -2.29. The van der Waals surface area contributed by atoms with Gasteiger partial charge in [-0.2, -0.15) is 0 Å². The minimum absolute atomic E-state index is 0.00160. The van der Waals surface area contributed by atoms with Crippen LogP contribution in [0, 0.1) is 0 Å². The van der Waals surface area contributed by atoms with Crippen LogP contribution >= 0.6 is 11.6 Å². The molecule has 1 heterocycles. The van der Waals surface area contributed by atoms with E-state index in [1.807, 2.05) is 0 Å². The summed E-state index contributed by atoms with van der Waals surface area (Å²) in [7, 11) is -3.08. The van der Waals surface area contributed by atoms with Gasteiger partial charge in [-0.15, -0.1) is 0 Å². The van der Waals surface area contributed by atoms with Crippen LogP contribution in [0.1, 0.15) is 25.2 Å². The predicted molar refractivity (Wildman–Crippen MR) is 87.9 cm³/mol. The van der Waals surface area contributed by atoms with E-state index < -0.39 is 15.9 Å². The maximum Gasteiger partial charge on any atom is 0.262 e. The molecule has 0 aliphatic heterocycles. The minimum atomic E-state index is -3.08. The summed E-state index contributed by atoms with van der Waals surface area (Å²) in [6.45, 7) is 1.96. The monoisotopic (exact) mass is 343 g/mol. The number of hydrogen-bond donors (Lipinski definition) is 1. The molecule has 8 heteroatoms. The van der Waals surface area contributed by atoms with Gasteiger partial charge in [0.2, 0.25) is 0 Å². The summed E-state index contributed by atoms with van der Waals surface area (Å²) in [4.78, 5) is 17.1. The Morgan fingerprint density at radius 3 is 2.68 bits per heavy atom. The fourth-order valence-electron chi connectivity index (χ4n) is 2.29. The molecule has 0 spiro atoms. The number of nitrogens with two attached hydrogens (primary N) is 1. The summed E-state index contributed by atoms with van der Waals surface area (Å²) < 4.78 is 23.9. The molecule has 0 amide bonds. The molecule has 1 atom stereocenters. The lowest BCUT2D eigenvalue weighted by Gasteiger charge is -2.16. The van der Waals surface area contributed by atoms with Gasteiger partial charge in [-0.1, -0.05) is 17.7 Å². The quantitative estimate of drug-likeness (QED) is 0.887. The molecule has 2 N–H and O–H groups in total. The van der Waals surface area contributed by atoms with Crippen LogP contribution in [0.3, 0.4) is 0 Å². The molecule has 0 bridgehead atoms. The molecule has 1 aromatic heterocycles. The van der Waals surface area contributed by atoms with E-state index in [0.717, 1.165) is 6.26 Å². The maximum atomic E-state index is 12.7. The average Bonchev–Trinajstić information content (AvgIpc) is 2.39. The maximum absolute atomic E-state index is 12.7. The molecule has 0 fully saturated rings. The minimum Gasteiger partial charge on any atom is -0.322 e. The highest BCUT2D eigenvalue weighted by Crippen LogP contribution is 2.20. The van der Waals surface area contributed by atoms with E-state index in [1.54, 1.807) is 25.1 Å². The van der Waals surface area contributed by atoms with Crippen LogP contribution < -0.4 is 11.3 Å². The number of aromatic nitrogens is 2. The van der Waals surface area contributed by atoms with E-state index in [2.05, 4.69) is 4.98 Å². The van der Waals surface area contributed by atoms with Crippen molar-refractivity contribution in [3.63, 3.8) is 0 Å². The van der Waals surface area contributed by atoms with Gasteiger partial charge in [0.25, 0.3) is 5.56 Å². The highest BCUT2D eigenvalue weighted by atomic mass is 35.5. The highest BCUT2D eigenvalue weighted by Gasteiger charge is 2.16. The fraction of sp³-hybridized carbons (Fsp3) is 0.429. The first-order valence-corrected chi connectivity index (χ1v) is 9.27. The standard InChI is InChI=1S/C14H18ClN3O3S/c1-9(16)13-17-11-6-3-5-10(15)12(11)14(19)18(13)7-4-8-22(2,20)21/h3,5-6,9H,4,7-8,16H2,1-2H3/t9-/m0/s1. The Morgan fingerprint density at radius 2 is 2.09 bits per heavy atom. The summed E-state index contributed by atoms with van der Waals surface area (Å²) in [5.74, 6) is 0.423. The summed E-state index contributed by atoms with van der Waals surface area (Å²) in [5.41, 5.74) is 6.09. The summed E-state index contributed by atoms with van der Waals surface area (Å²) >= 11 is 6.09. The van der Waals surface area contributed by atoms with Crippen LogP contribution in [0.5, 0.6) is 0 Å². The first-order valence-electron chi connectivity index (χ1n) is 6.83. The molecule has 1 aromatic carbocycles. The van der Waals surface area contributed by atoms with Crippen LogP contribution in [0.2, 0.25) is 5.02 Å². The normalized spacial score (nSPS) is 13.5. The number of rotatable bonds is 5. The van der Waals surface area contributed by atoms with Crippen LogP contribution in [0.25, 0.3) is 10.9 Å². The van der Waals surface area contributed by atoms with Crippen molar-refractivity contribution >= 4 is 32.3 Å². The first-order chi connectivity index (χ1) is 10.2. The van der Waals surface area contributed by atoms with E-state index in [-0.39, 0.29) is 17.9 Å². The Bertz CT molecular complexity index is 859. The SMILES string of the molecule is C[C@H](N)c1nc2cccc(Cl)c2c(=O)n1CCCS(C)(=O)=O. The van der Waals surface area contributed by atoms with Gasteiger partial charge in [-0.3, -0.25) is 9.36 Å². The van der Waals surface area contributed by atoms with E-state index >= 15 is 0 Å². The van der Waals surface area contributed by atoms with Crippen molar-refractivity contribution in [1.82, 2.24) is 9.55 Å². The molecule has 0 saturated heterocycles. The second kappa shape index (κ2) is 6.36. The van der Waals surface area contributed by atoms with Gasteiger partial charge < -0.3 is 5.73 Å². The molecule has 0 radical (unpaired) electrons. The summed E-state index contributed by atoms with van der Waals surface area (Å²) in [6, 6.07) is 4.60. The third kappa shape index (κ3) is 3.66. The Morgan fingerprint density at radius 1 is 1.41 bits per heavy atom. The molecule has 0 aliphatic carbocycles. The molecular weight excluding hydrogens is 326 g/mol. The number of halogens is 1. The van der Waals surface area contributed by atoms with Crippen molar-refractivity contribution in [3.8, 4) is 0 Å². The zero-order chi connectivity index (χ0) is 16.5. The van der Waals surface area contributed by atoms with Crippen molar-refractivity contribution in [2.75, 3.05) is 12.0 Å². The Hall–Kier alpha value is -1.44. The Balaban J connectivity index is 2.55. The molecule has 0 unspecified atom stereocenters. The van der Waals surface area contributed by atoms with Crippen molar-refractivity contribution < 1.29 is 8.42 Å². The fourth-order valence-corrected chi connectivity index (χ4v) is 3.19. The third-order valence-electron chi connectivity index (χ3n) is 3.27. The van der Waals surface area contributed by atoms with Crippen molar-refractivity contribution in [1.29, 1.82) is 0 Å². The molecule has 6 nitrogen and oxygen atoms in total. The molecule has 2 rings (SSSR count). The van der Waals surface area contributed by atoms with Gasteiger partial charge in [-0.25, -0.2) is 13.4 Å². The molecule has 120 valence electrons. The molecular formula is C14H18ClN3O3S. The number of fused-ring (bicyclic) bond motifs is 1. The largest absolute Gasteiger partial charge is 0.322 e. The number of sulfone groups is 1. The van der Waals surface area contributed by atoms with Crippen LogP contribution in [0.15, 0.2) is 23.0 Å².